The van der Waals surface area contributed by atoms with Gasteiger partial charge < -0.3 is 10.0 Å². The van der Waals surface area contributed by atoms with Crippen LogP contribution < -0.4 is 0 Å². The predicted molar refractivity (Wildman–Crippen MR) is 78.7 cm³/mol. The lowest BCUT2D eigenvalue weighted by Gasteiger charge is -2.41. The minimum Gasteiger partial charge on any atom is -0.396 e. The Morgan fingerprint density at radius 2 is 2.40 bits per heavy atom. The molecule has 5 heteroatoms. The third kappa shape index (κ3) is 3.19. The number of aliphatic hydroxyl groups is 1. The van der Waals surface area contributed by atoms with Gasteiger partial charge in [0.2, 0.25) is 0 Å². The van der Waals surface area contributed by atoms with Crippen molar-refractivity contribution in [3.8, 4) is 0 Å². The number of allylic oxidation sites excluding steroid dienone is 1. The van der Waals surface area contributed by atoms with Crippen LogP contribution in [-0.4, -0.2) is 40.6 Å². The van der Waals surface area contributed by atoms with Crippen molar-refractivity contribution in [1.82, 2.24) is 9.88 Å². The maximum Gasteiger partial charge on any atom is 0.255 e. The molecule has 2 heterocycles. The number of likely N-dealkylation sites (tertiary alicyclic amines) is 1. The second-order valence-corrected chi connectivity index (χ2v) is 5.81. The van der Waals surface area contributed by atoms with Gasteiger partial charge in [-0.05, 0) is 25.3 Å². The molecule has 0 aliphatic carbocycles. The van der Waals surface area contributed by atoms with Gasteiger partial charge in [0.05, 0.1) is 17.2 Å². The van der Waals surface area contributed by atoms with Gasteiger partial charge in [0, 0.05) is 30.9 Å². The standard InChI is InChI=1S/C15H19ClN2O2/c1-2-4-15(11-19)5-3-6-18(10-15)14(20)12-7-13(16)9-17-8-12/h2,7-9,19H,1,3-6,10-11H2. The number of hydrogen-bond donors (Lipinski definition) is 1. The molecule has 1 N–H and O–H groups in total. The smallest absolute Gasteiger partial charge is 0.255 e. The predicted octanol–water partition coefficient (Wildman–Crippen LogP) is 2.53. The van der Waals surface area contributed by atoms with Crippen molar-refractivity contribution < 1.29 is 9.90 Å². The van der Waals surface area contributed by atoms with Crippen LogP contribution in [0, 0.1) is 5.41 Å². The number of aromatic nitrogens is 1. The molecule has 2 rings (SSSR count). The van der Waals surface area contributed by atoms with E-state index < -0.39 is 0 Å². The number of aliphatic hydroxyl groups excluding tert-OH is 1. The van der Waals surface area contributed by atoms with Gasteiger partial charge in [-0.25, -0.2) is 0 Å². The van der Waals surface area contributed by atoms with Gasteiger partial charge in [0.1, 0.15) is 0 Å². The minimum atomic E-state index is -0.262. The first kappa shape index (κ1) is 15.0. The molecule has 1 amide bonds. The molecule has 1 aromatic rings. The summed E-state index contributed by atoms with van der Waals surface area (Å²) in [5, 5.41) is 10.1. The second-order valence-electron chi connectivity index (χ2n) is 5.37. The highest BCUT2D eigenvalue weighted by atomic mass is 35.5. The maximum atomic E-state index is 12.5. The normalized spacial score (nSPS) is 22.6. The van der Waals surface area contributed by atoms with Crippen molar-refractivity contribution in [2.45, 2.75) is 19.3 Å². The van der Waals surface area contributed by atoms with E-state index in [1.165, 1.54) is 12.4 Å². The molecule has 1 atom stereocenters. The number of carbonyl (C=O) groups excluding carboxylic acids is 1. The van der Waals surface area contributed by atoms with Gasteiger partial charge in [-0.15, -0.1) is 6.58 Å². The van der Waals surface area contributed by atoms with Crippen LogP contribution in [0.2, 0.25) is 5.02 Å². The summed E-state index contributed by atoms with van der Waals surface area (Å²) in [5.74, 6) is -0.0819. The maximum absolute atomic E-state index is 12.5. The highest BCUT2D eigenvalue weighted by Gasteiger charge is 2.36. The lowest BCUT2D eigenvalue weighted by molar-refractivity contribution is 0.0285. The SMILES string of the molecule is C=CCC1(CO)CCCN(C(=O)c2cncc(Cl)c2)C1. The van der Waals surface area contributed by atoms with E-state index in [4.69, 9.17) is 11.6 Å². The van der Waals surface area contributed by atoms with Gasteiger partial charge in [0.25, 0.3) is 5.91 Å². The molecule has 1 aromatic heterocycles. The van der Waals surface area contributed by atoms with E-state index >= 15 is 0 Å². The van der Waals surface area contributed by atoms with E-state index in [1.54, 1.807) is 11.0 Å². The zero-order valence-electron chi connectivity index (χ0n) is 11.4. The van der Waals surface area contributed by atoms with E-state index in [2.05, 4.69) is 11.6 Å². The molecule has 0 aromatic carbocycles. The number of piperidine rings is 1. The topological polar surface area (TPSA) is 53.4 Å². The van der Waals surface area contributed by atoms with Crippen LogP contribution in [0.5, 0.6) is 0 Å². The summed E-state index contributed by atoms with van der Waals surface area (Å²) in [6.07, 6.45) is 7.34. The average molecular weight is 295 g/mol. The van der Waals surface area contributed by atoms with Crippen molar-refractivity contribution in [2.24, 2.45) is 5.41 Å². The highest BCUT2D eigenvalue weighted by molar-refractivity contribution is 6.30. The third-order valence-corrected chi connectivity index (χ3v) is 4.02. The molecule has 108 valence electrons. The lowest BCUT2D eigenvalue weighted by atomic mass is 9.77. The molecule has 1 fully saturated rings. The number of halogens is 1. The van der Waals surface area contributed by atoms with Crippen LogP contribution in [0.1, 0.15) is 29.6 Å². The van der Waals surface area contributed by atoms with E-state index in [0.717, 1.165) is 12.8 Å². The van der Waals surface area contributed by atoms with Crippen molar-refractivity contribution in [3.05, 3.63) is 41.7 Å². The summed E-state index contributed by atoms with van der Waals surface area (Å²) >= 11 is 5.87. The largest absolute Gasteiger partial charge is 0.396 e. The van der Waals surface area contributed by atoms with Gasteiger partial charge in [-0.2, -0.15) is 0 Å². The molecule has 0 spiro atoms. The number of amides is 1. The monoisotopic (exact) mass is 294 g/mol. The van der Waals surface area contributed by atoms with E-state index in [0.29, 0.717) is 30.1 Å². The second kappa shape index (κ2) is 6.37. The molecule has 0 saturated carbocycles. The Kier molecular flexibility index (Phi) is 4.78. The molecule has 4 nitrogen and oxygen atoms in total. The Morgan fingerprint density at radius 1 is 1.60 bits per heavy atom. The lowest BCUT2D eigenvalue weighted by Crippen LogP contribution is -2.47. The Balaban J connectivity index is 2.16. The first-order valence-corrected chi connectivity index (χ1v) is 7.10. The molecular weight excluding hydrogens is 276 g/mol. The van der Waals surface area contributed by atoms with Gasteiger partial charge >= 0.3 is 0 Å². The fourth-order valence-corrected chi connectivity index (χ4v) is 2.93. The number of rotatable bonds is 4. The average Bonchev–Trinajstić information content (AvgIpc) is 2.47. The van der Waals surface area contributed by atoms with Gasteiger partial charge in [0.15, 0.2) is 0 Å². The van der Waals surface area contributed by atoms with Crippen molar-refractivity contribution in [2.75, 3.05) is 19.7 Å². The van der Waals surface area contributed by atoms with Crippen molar-refractivity contribution in [3.63, 3.8) is 0 Å². The molecule has 1 aliphatic rings. The Labute approximate surface area is 124 Å². The minimum absolute atomic E-state index is 0.0661. The van der Waals surface area contributed by atoms with Crippen LogP contribution in [0.3, 0.4) is 0 Å². The molecule has 1 unspecified atom stereocenters. The van der Waals surface area contributed by atoms with E-state index in [-0.39, 0.29) is 17.9 Å². The Morgan fingerprint density at radius 3 is 3.05 bits per heavy atom. The summed E-state index contributed by atoms with van der Waals surface area (Å²) in [5.41, 5.74) is 0.228. The molecule has 1 aliphatic heterocycles. The molecule has 0 bridgehead atoms. The van der Waals surface area contributed by atoms with Crippen molar-refractivity contribution >= 4 is 17.5 Å². The number of nitrogens with zero attached hydrogens (tertiary/aromatic N) is 2. The highest BCUT2D eigenvalue weighted by Crippen LogP contribution is 2.34. The number of hydrogen-bond acceptors (Lipinski definition) is 3. The summed E-state index contributed by atoms with van der Waals surface area (Å²) in [7, 11) is 0. The fraction of sp³-hybridized carbons (Fsp3) is 0.467. The first-order valence-electron chi connectivity index (χ1n) is 6.72. The summed E-state index contributed by atoms with van der Waals surface area (Å²) in [6, 6.07) is 1.62. The van der Waals surface area contributed by atoms with Crippen LogP contribution in [0.25, 0.3) is 0 Å². The Bertz CT molecular complexity index is 506. The number of carbonyl (C=O) groups is 1. The molecule has 20 heavy (non-hydrogen) atoms. The van der Waals surface area contributed by atoms with Crippen LogP contribution in [-0.2, 0) is 0 Å². The summed E-state index contributed by atoms with van der Waals surface area (Å²) in [4.78, 5) is 18.2. The van der Waals surface area contributed by atoms with Crippen LogP contribution >= 0.6 is 11.6 Å². The Hall–Kier alpha value is -1.39. The zero-order chi connectivity index (χ0) is 14.6. The van der Waals surface area contributed by atoms with Crippen molar-refractivity contribution in [1.29, 1.82) is 0 Å². The third-order valence-electron chi connectivity index (χ3n) is 3.81. The molecule has 0 radical (unpaired) electrons. The summed E-state index contributed by atoms with van der Waals surface area (Å²) < 4.78 is 0. The fourth-order valence-electron chi connectivity index (χ4n) is 2.76. The van der Waals surface area contributed by atoms with E-state index in [9.17, 15) is 9.90 Å². The number of pyridine rings is 1. The van der Waals surface area contributed by atoms with E-state index in [1.807, 2.05) is 6.08 Å². The van der Waals surface area contributed by atoms with Gasteiger partial charge in [-0.1, -0.05) is 17.7 Å². The molecule has 1 saturated heterocycles. The quantitative estimate of drug-likeness (QED) is 0.868. The first-order chi connectivity index (χ1) is 9.60. The zero-order valence-corrected chi connectivity index (χ0v) is 12.1. The van der Waals surface area contributed by atoms with Crippen LogP contribution in [0.15, 0.2) is 31.1 Å². The van der Waals surface area contributed by atoms with Crippen LogP contribution in [0.4, 0.5) is 0 Å². The van der Waals surface area contributed by atoms with Gasteiger partial charge in [-0.3, -0.25) is 9.78 Å². The molecular formula is C15H19ClN2O2. The summed E-state index contributed by atoms with van der Waals surface area (Å²) in [6.45, 7) is 5.05.